The molecular formula is C42H38F3N4O10PS2. The van der Waals surface area contributed by atoms with Crippen LogP contribution in [0.4, 0.5) is 13.2 Å². The zero-order chi connectivity index (χ0) is 44.3. The van der Waals surface area contributed by atoms with Gasteiger partial charge in [0.25, 0.3) is 15.9 Å². The highest BCUT2D eigenvalue weighted by Crippen LogP contribution is 2.44. The number of sulfonamides is 1. The molecule has 1 atom stereocenters. The summed E-state index contributed by atoms with van der Waals surface area (Å²) in [7, 11) is -8.44. The van der Waals surface area contributed by atoms with E-state index in [2.05, 4.69) is 10.6 Å². The van der Waals surface area contributed by atoms with Gasteiger partial charge in [0.15, 0.2) is 23.0 Å². The van der Waals surface area contributed by atoms with Crippen LogP contribution in [0.2, 0.25) is 0 Å². The minimum atomic E-state index is -5.35. The molecule has 0 saturated carbocycles. The lowest BCUT2D eigenvalue weighted by Gasteiger charge is -2.17. The van der Waals surface area contributed by atoms with Crippen LogP contribution in [0.25, 0.3) is 10.1 Å². The van der Waals surface area contributed by atoms with Crippen molar-refractivity contribution in [3.05, 3.63) is 143 Å². The van der Waals surface area contributed by atoms with Gasteiger partial charge in [-0.2, -0.15) is 18.4 Å². The fraction of sp³-hybridized carbons (Fsp3) is 0.190. The number of benzene rings is 5. The van der Waals surface area contributed by atoms with E-state index in [1.807, 2.05) is 60.7 Å². The highest BCUT2D eigenvalue weighted by molar-refractivity contribution is 7.96. The molecule has 62 heavy (non-hydrogen) atoms. The van der Waals surface area contributed by atoms with E-state index in [4.69, 9.17) is 28.7 Å². The average molecular weight is 911 g/mol. The average Bonchev–Trinajstić information content (AvgIpc) is 3.68. The Hall–Kier alpha value is -6.13. The number of alkyl halides is 3. The molecule has 0 fully saturated rings. The van der Waals surface area contributed by atoms with Crippen molar-refractivity contribution in [2.24, 2.45) is 0 Å². The molecule has 0 aliphatic heterocycles. The van der Waals surface area contributed by atoms with Crippen LogP contribution in [0, 0.1) is 11.3 Å². The van der Waals surface area contributed by atoms with Gasteiger partial charge in [0, 0.05) is 17.3 Å². The number of carbonyl (C=O) groups is 1. The van der Waals surface area contributed by atoms with E-state index in [0.29, 0.717) is 39.8 Å². The van der Waals surface area contributed by atoms with Gasteiger partial charge in [0.05, 0.1) is 29.3 Å². The van der Waals surface area contributed by atoms with Crippen molar-refractivity contribution in [3.8, 4) is 34.8 Å². The molecule has 6 rings (SSSR count). The topological polar surface area (TPSA) is 195 Å². The Morgan fingerprint density at radius 3 is 2.10 bits per heavy atom. The first kappa shape index (κ1) is 45.4. The van der Waals surface area contributed by atoms with Crippen molar-refractivity contribution in [2.45, 2.75) is 23.6 Å². The number of halogens is 3. The van der Waals surface area contributed by atoms with Crippen LogP contribution < -0.4 is 38.6 Å². The van der Waals surface area contributed by atoms with Crippen LogP contribution in [0.1, 0.15) is 32.6 Å². The number of fused-ring (bicyclic) bond motifs is 1. The van der Waals surface area contributed by atoms with Gasteiger partial charge in [0.1, 0.15) is 36.4 Å². The Bertz CT molecular complexity index is 2720. The molecular weight excluding hydrogens is 873 g/mol. The largest absolute Gasteiger partial charge is 0.488 e. The zero-order valence-electron chi connectivity index (χ0n) is 32.7. The molecule has 1 heterocycles. The quantitative estimate of drug-likeness (QED) is 0.0429. The molecule has 0 bridgehead atoms. The fourth-order valence-electron chi connectivity index (χ4n) is 5.76. The molecule has 1 amide bonds. The molecule has 4 N–H and O–H groups in total. The van der Waals surface area contributed by atoms with Crippen LogP contribution in [-0.4, -0.2) is 52.6 Å². The predicted molar refractivity (Wildman–Crippen MR) is 224 cm³/mol. The van der Waals surface area contributed by atoms with E-state index in [0.717, 1.165) is 23.3 Å². The fourth-order valence-corrected chi connectivity index (χ4v) is 10.0. The minimum absolute atomic E-state index is 0.0174. The first-order chi connectivity index (χ1) is 29.7. The van der Waals surface area contributed by atoms with Crippen molar-refractivity contribution in [2.75, 3.05) is 33.4 Å². The highest BCUT2D eigenvalue weighted by Gasteiger charge is 2.36. The molecule has 0 spiro atoms. The molecule has 0 aliphatic carbocycles. The van der Waals surface area contributed by atoms with Gasteiger partial charge in [-0.25, -0.2) is 13.0 Å². The summed E-state index contributed by atoms with van der Waals surface area (Å²) in [5, 5.41) is 15.1. The summed E-state index contributed by atoms with van der Waals surface area (Å²) in [5.74, 6) is -0.219. The number of rotatable bonds is 20. The molecule has 0 saturated heterocycles. The predicted octanol–water partition coefficient (Wildman–Crippen LogP) is 7.81. The lowest BCUT2D eigenvalue weighted by atomic mass is 10.1. The second kappa shape index (κ2) is 20.2. The van der Waals surface area contributed by atoms with Crippen molar-refractivity contribution in [1.82, 2.24) is 15.1 Å². The van der Waals surface area contributed by atoms with Gasteiger partial charge >= 0.3 is 13.9 Å². The van der Waals surface area contributed by atoms with Crippen molar-refractivity contribution in [3.63, 3.8) is 0 Å². The number of thiophene rings is 1. The number of likely N-dealkylation sites (N-methyl/N-ethyl adjacent to an activating group) is 1. The Kier molecular flexibility index (Phi) is 14.8. The molecule has 0 aliphatic rings. The number of nitrogens with zero attached hydrogens (tertiary/aromatic N) is 1. The highest BCUT2D eigenvalue weighted by atomic mass is 32.3. The van der Waals surface area contributed by atoms with Gasteiger partial charge in [-0.3, -0.25) is 4.79 Å². The molecule has 1 aromatic heterocycles. The molecule has 20 heteroatoms. The molecule has 6 aromatic rings. The summed E-state index contributed by atoms with van der Waals surface area (Å²) in [5.41, 5.74) is -0.170. The second-order valence-electron chi connectivity index (χ2n) is 13.2. The summed E-state index contributed by atoms with van der Waals surface area (Å²) in [6, 6.07) is 31.4. The van der Waals surface area contributed by atoms with Crippen LogP contribution in [-0.2, 0) is 34.0 Å². The van der Waals surface area contributed by atoms with E-state index in [9.17, 15) is 35.8 Å². The molecule has 1 unspecified atom stereocenters. The zero-order valence-corrected chi connectivity index (χ0v) is 35.2. The number of ether oxygens (including phenoxy) is 4. The third kappa shape index (κ3) is 12.0. The lowest BCUT2D eigenvalue weighted by molar-refractivity contribution is -0.137. The number of nitriles is 1. The smallest absolute Gasteiger partial charge is 0.469 e. The first-order valence-corrected chi connectivity index (χ1v) is 22.4. The summed E-state index contributed by atoms with van der Waals surface area (Å²) in [4.78, 5) is 24.0. The Balaban J connectivity index is 1.15. The molecule has 14 nitrogen and oxygen atoms in total. The SMILES string of the molecule is CNCCOc1cc2cc(S(=O)(=O)NP(=O)(O)Oc3ccc(C#N)c(C(F)(F)F)c3)sc2cc1OCCNC(=O)c1cccc(OCc2ccccc2)c1OCc1ccccc1. The normalized spacial score (nSPS) is 12.5. The van der Waals surface area contributed by atoms with E-state index in [1.165, 1.54) is 28.8 Å². The standard InChI is InChI=1S/C42H38F3N4O10PS2/c1-47-17-19-55-36-21-31-22-39(62(53,54)49-60(51,52)59-32-16-15-30(25-46)34(23-32)42(43,44)45)61-38(31)24-37(36)56-20-18-48-41(50)33-13-8-14-35(57-26-28-9-4-2-5-10-28)40(33)58-27-29-11-6-3-7-12-29/h2-16,21-24,47H,17-20,26-27H2,1H3,(H,48,50)(H2,49,51,52). The second-order valence-corrected chi connectivity index (χ2v) is 17.9. The van der Waals surface area contributed by atoms with Crippen LogP contribution in [0.3, 0.4) is 0 Å². The maximum atomic E-state index is 13.6. The minimum Gasteiger partial charge on any atom is -0.488 e. The molecule has 324 valence electrons. The van der Waals surface area contributed by atoms with Gasteiger partial charge in [-0.15, -0.1) is 15.8 Å². The summed E-state index contributed by atoms with van der Waals surface area (Å²) < 4.78 is 110. The van der Waals surface area contributed by atoms with Crippen molar-refractivity contribution >= 4 is 45.1 Å². The maximum absolute atomic E-state index is 13.6. The first-order valence-electron chi connectivity index (χ1n) is 18.6. The van der Waals surface area contributed by atoms with Crippen LogP contribution >= 0.6 is 19.1 Å². The number of hydrogen-bond acceptors (Lipinski definition) is 12. The van der Waals surface area contributed by atoms with Gasteiger partial charge in [-0.05, 0) is 66.0 Å². The summed E-state index contributed by atoms with van der Waals surface area (Å²) in [6.45, 7) is 1.01. The van der Waals surface area contributed by atoms with E-state index in [-0.39, 0.29) is 55.8 Å². The number of nitrogens with one attached hydrogen (secondary N) is 3. The van der Waals surface area contributed by atoms with Crippen molar-refractivity contribution < 1.29 is 59.3 Å². The van der Waals surface area contributed by atoms with Crippen LogP contribution in [0.5, 0.6) is 28.7 Å². The monoisotopic (exact) mass is 910 g/mol. The Morgan fingerprint density at radius 1 is 0.806 bits per heavy atom. The summed E-state index contributed by atoms with van der Waals surface area (Å²) in [6.07, 6.45) is -5.00. The van der Waals surface area contributed by atoms with Crippen molar-refractivity contribution in [1.29, 1.82) is 5.26 Å². The summed E-state index contributed by atoms with van der Waals surface area (Å²) >= 11 is 0.696. The van der Waals surface area contributed by atoms with Gasteiger partial charge in [0.2, 0.25) is 0 Å². The van der Waals surface area contributed by atoms with Gasteiger partial charge in [-0.1, -0.05) is 66.7 Å². The van der Waals surface area contributed by atoms with E-state index >= 15 is 0 Å². The van der Waals surface area contributed by atoms with E-state index < -0.39 is 50.9 Å². The number of amides is 1. The molecule has 5 aromatic carbocycles. The number of carbonyl (C=O) groups excluding carboxylic acids is 1. The Morgan fingerprint density at radius 2 is 1.45 bits per heavy atom. The number of hydrogen-bond donors (Lipinski definition) is 4. The van der Waals surface area contributed by atoms with Crippen LogP contribution in [0.15, 0.2) is 119 Å². The Labute approximate surface area is 358 Å². The lowest BCUT2D eigenvalue weighted by Crippen LogP contribution is -2.28. The van der Waals surface area contributed by atoms with E-state index in [1.54, 1.807) is 25.2 Å². The third-order valence-electron chi connectivity index (χ3n) is 8.65. The molecule has 0 radical (unpaired) electrons. The maximum Gasteiger partial charge on any atom is 0.469 e. The number of para-hydroxylation sites is 1. The third-order valence-corrected chi connectivity index (χ3v) is 13.4. The van der Waals surface area contributed by atoms with Gasteiger partial charge < -0.3 is 39.0 Å².